The minimum Gasteiger partial charge on any atom is -0.366 e. The average Bonchev–Trinajstić information content (AvgIpc) is 2.61. The maximum atomic E-state index is 4.60. The third-order valence-corrected chi connectivity index (χ3v) is 3.63. The molecule has 0 spiro atoms. The molecule has 1 N–H and O–H groups in total. The zero-order chi connectivity index (χ0) is 16.1. The first-order valence-electron chi connectivity index (χ1n) is 7.69. The van der Waals surface area contributed by atoms with Gasteiger partial charge in [-0.15, -0.1) is 0 Å². The van der Waals surface area contributed by atoms with Crippen molar-refractivity contribution in [2.24, 2.45) is 0 Å². The van der Waals surface area contributed by atoms with E-state index >= 15 is 0 Å². The average molecular weight is 305 g/mol. The van der Waals surface area contributed by atoms with Crippen LogP contribution in [0.3, 0.4) is 0 Å². The molecule has 3 aromatic heterocycles. The van der Waals surface area contributed by atoms with E-state index in [0.29, 0.717) is 12.4 Å². The lowest BCUT2D eigenvalue weighted by Gasteiger charge is -2.10. The van der Waals surface area contributed by atoms with E-state index in [0.717, 1.165) is 29.2 Å². The summed E-state index contributed by atoms with van der Waals surface area (Å²) < 4.78 is 0. The first-order valence-corrected chi connectivity index (χ1v) is 7.69. The van der Waals surface area contributed by atoms with Gasteiger partial charge in [-0.3, -0.25) is 9.97 Å². The predicted octanol–water partition coefficient (Wildman–Crippen LogP) is 3.42. The topological polar surface area (TPSA) is 63.6 Å². The predicted molar refractivity (Wildman–Crippen MR) is 90.9 cm³/mol. The van der Waals surface area contributed by atoms with E-state index in [2.05, 4.69) is 39.1 Å². The molecule has 23 heavy (non-hydrogen) atoms. The number of nitrogens with zero attached hydrogens (tertiary/aromatic N) is 4. The number of pyridine rings is 2. The molecule has 0 aliphatic heterocycles. The van der Waals surface area contributed by atoms with Crippen LogP contribution in [-0.2, 0) is 13.0 Å². The summed E-state index contributed by atoms with van der Waals surface area (Å²) in [7, 11) is 0. The minimum absolute atomic E-state index is 0.652. The smallest absolute Gasteiger partial charge is 0.180 e. The monoisotopic (exact) mass is 305 g/mol. The fraction of sp³-hybridized carbons (Fsp3) is 0.222. The molecule has 0 aliphatic rings. The molecule has 116 valence electrons. The number of aromatic nitrogens is 4. The Morgan fingerprint density at radius 1 is 1.09 bits per heavy atom. The van der Waals surface area contributed by atoms with Gasteiger partial charge in [0.05, 0.1) is 0 Å². The van der Waals surface area contributed by atoms with Crippen LogP contribution in [-0.4, -0.2) is 19.9 Å². The lowest BCUT2D eigenvalue weighted by atomic mass is 10.1. The highest BCUT2D eigenvalue weighted by Gasteiger charge is 2.07. The lowest BCUT2D eigenvalue weighted by molar-refractivity contribution is 0.983. The first-order chi connectivity index (χ1) is 11.3. The number of aryl methyl sites for hydroxylation is 2. The fourth-order valence-electron chi connectivity index (χ4n) is 2.27. The molecule has 0 amide bonds. The number of anilines is 1. The molecule has 5 heteroatoms. The van der Waals surface area contributed by atoms with Gasteiger partial charge in [-0.2, -0.15) is 0 Å². The third-order valence-electron chi connectivity index (χ3n) is 3.63. The Hall–Kier alpha value is -2.82. The molecular weight excluding hydrogens is 286 g/mol. The fourth-order valence-corrected chi connectivity index (χ4v) is 2.27. The molecule has 3 rings (SSSR count). The van der Waals surface area contributed by atoms with Gasteiger partial charge >= 0.3 is 0 Å². The Morgan fingerprint density at radius 2 is 2.00 bits per heavy atom. The second-order valence-electron chi connectivity index (χ2n) is 5.29. The summed E-state index contributed by atoms with van der Waals surface area (Å²) in [6.45, 7) is 4.85. The zero-order valence-corrected chi connectivity index (χ0v) is 13.3. The number of hydrogen-bond donors (Lipinski definition) is 1. The van der Waals surface area contributed by atoms with Crippen molar-refractivity contribution in [2.45, 2.75) is 26.8 Å². The van der Waals surface area contributed by atoms with Crippen LogP contribution in [0.1, 0.15) is 23.7 Å². The highest BCUT2D eigenvalue weighted by Crippen LogP contribution is 2.17. The highest BCUT2D eigenvalue weighted by molar-refractivity contribution is 5.53. The molecule has 0 unspecified atom stereocenters. The normalized spacial score (nSPS) is 10.5. The van der Waals surface area contributed by atoms with Gasteiger partial charge in [0.25, 0.3) is 0 Å². The zero-order valence-electron chi connectivity index (χ0n) is 13.3. The van der Waals surface area contributed by atoms with Gasteiger partial charge in [-0.05, 0) is 42.7 Å². The van der Waals surface area contributed by atoms with Crippen molar-refractivity contribution in [3.8, 4) is 11.5 Å². The van der Waals surface area contributed by atoms with Gasteiger partial charge < -0.3 is 5.32 Å². The molecule has 0 aliphatic carbocycles. The van der Waals surface area contributed by atoms with Crippen molar-refractivity contribution in [3.05, 3.63) is 65.7 Å². The molecule has 0 radical (unpaired) electrons. The maximum Gasteiger partial charge on any atom is 0.180 e. The van der Waals surface area contributed by atoms with Gasteiger partial charge in [-0.1, -0.05) is 13.0 Å². The Kier molecular flexibility index (Phi) is 4.57. The Balaban J connectivity index is 1.86. The summed E-state index contributed by atoms with van der Waals surface area (Å²) in [6, 6.07) is 9.76. The number of nitrogens with one attached hydrogen (secondary N) is 1. The molecule has 0 atom stereocenters. The third kappa shape index (κ3) is 3.69. The summed E-state index contributed by atoms with van der Waals surface area (Å²) in [4.78, 5) is 17.6. The molecule has 0 fully saturated rings. The van der Waals surface area contributed by atoms with Crippen molar-refractivity contribution in [3.63, 3.8) is 0 Å². The standard InChI is InChI=1S/C18H19N5/c1-3-15-10-17(21-12-14-7-9-19-11-13(14)2)23-18(22-15)16-6-4-5-8-20-16/h4-11H,3,12H2,1-2H3,(H,21,22,23). The Morgan fingerprint density at radius 3 is 2.74 bits per heavy atom. The van der Waals surface area contributed by atoms with Crippen LogP contribution in [0.5, 0.6) is 0 Å². The van der Waals surface area contributed by atoms with Crippen molar-refractivity contribution in [1.82, 2.24) is 19.9 Å². The Labute approximate surface area is 135 Å². The molecule has 3 aromatic rings. The summed E-state index contributed by atoms with van der Waals surface area (Å²) in [5.74, 6) is 1.47. The molecule has 0 bridgehead atoms. The minimum atomic E-state index is 0.652. The second kappa shape index (κ2) is 6.96. The van der Waals surface area contributed by atoms with E-state index in [1.165, 1.54) is 5.56 Å². The molecule has 3 heterocycles. The largest absolute Gasteiger partial charge is 0.366 e. The summed E-state index contributed by atoms with van der Waals surface area (Å²) in [5.41, 5.74) is 4.14. The second-order valence-corrected chi connectivity index (χ2v) is 5.29. The quantitative estimate of drug-likeness (QED) is 0.782. The summed E-state index contributed by atoms with van der Waals surface area (Å²) >= 11 is 0. The summed E-state index contributed by atoms with van der Waals surface area (Å²) in [5, 5.41) is 3.38. The van der Waals surface area contributed by atoms with Crippen LogP contribution >= 0.6 is 0 Å². The van der Waals surface area contributed by atoms with Gasteiger partial charge in [0, 0.05) is 36.9 Å². The van der Waals surface area contributed by atoms with E-state index in [1.54, 1.807) is 12.4 Å². The molecule has 0 saturated heterocycles. The Bertz CT molecular complexity index is 786. The van der Waals surface area contributed by atoms with Crippen molar-refractivity contribution in [2.75, 3.05) is 5.32 Å². The van der Waals surface area contributed by atoms with Crippen LogP contribution in [0.4, 0.5) is 5.82 Å². The van der Waals surface area contributed by atoms with E-state index in [4.69, 9.17) is 0 Å². The van der Waals surface area contributed by atoms with Crippen molar-refractivity contribution >= 4 is 5.82 Å². The SMILES string of the molecule is CCc1cc(NCc2ccncc2C)nc(-c2ccccn2)n1. The molecule has 5 nitrogen and oxygen atoms in total. The van der Waals surface area contributed by atoms with Gasteiger partial charge in [0.1, 0.15) is 11.5 Å². The van der Waals surface area contributed by atoms with E-state index in [1.807, 2.05) is 36.5 Å². The van der Waals surface area contributed by atoms with E-state index in [9.17, 15) is 0 Å². The van der Waals surface area contributed by atoms with Crippen LogP contribution in [0.2, 0.25) is 0 Å². The van der Waals surface area contributed by atoms with Gasteiger partial charge in [-0.25, -0.2) is 9.97 Å². The van der Waals surface area contributed by atoms with Crippen LogP contribution in [0.15, 0.2) is 48.9 Å². The summed E-state index contributed by atoms with van der Waals surface area (Å²) in [6.07, 6.45) is 6.28. The van der Waals surface area contributed by atoms with Gasteiger partial charge in [0.2, 0.25) is 0 Å². The lowest BCUT2D eigenvalue weighted by Crippen LogP contribution is -2.06. The molecule has 0 aromatic carbocycles. The van der Waals surface area contributed by atoms with Crippen LogP contribution in [0, 0.1) is 6.92 Å². The number of rotatable bonds is 5. The highest BCUT2D eigenvalue weighted by atomic mass is 15.0. The van der Waals surface area contributed by atoms with Crippen molar-refractivity contribution < 1.29 is 0 Å². The molecular formula is C18H19N5. The van der Waals surface area contributed by atoms with Crippen LogP contribution < -0.4 is 5.32 Å². The van der Waals surface area contributed by atoms with Crippen LogP contribution in [0.25, 0.3) is 11.5 Å². The molecule has 0 saturated carbocycles. The van der Waals surface area contributed by atoms with Crippen molar-refractivity contribution in [1.29, 1.82) is 0 Å². The first kappa shape index (κ1) is 15.1. The number of hydrogen-bond acceptors (Lipinski definition) is 5. The van der Waals surface area contributed by atoms with E-state index in [-0.39, 0.29) is 0 Å². The van der Waals surface area contributed by atoms with Gasteiger partial charge in [0.15, 0.2) is 5.82 Å². The van der Waals surface area contributed by atoms with E-state index < -0.39 is 0 Å². The maximum absolute atomic E-state index is 4.60.